The summed E-state index contributed by atoms with van der Waals surface area (Å²) >= 11 is 0. The minimum Gasteiger partial charge on any atom is -0.461 e. The highest BCUT2D eigenvalue weighted by Gasteiger charge is 2.35. The molecule has 0 spiro atoms. The van der Waals surface area contributed by atoms with E-state index in [2.05, 4.69) is 0 Å². The second-order valence-electron chi connectivity index (χ2n) is 7.71. The van der Waals surface area contributed by atoms with Crippen LogP contribution in [0.4, 0.5) is 0 Å². The lowest BCUT2D eigenvalue weighted by molar-refractivity contribution is -0.159. The van der Waals surface area contributed by atoms with E-state index >= 15 is 0 Å². The zero-order valence-electron chi connectivity index (χ0n) is 16.3. The van der Waals surface area contributed by atoms with Gasteiger partial charge in [-0.3, -0.25) is 9.59 Å². The summed E-state index contributed by atoms with van der Waals surface area (Å²) < 4.78 is 5.54. The van der Waals surface area contributed by atoms with Gasteiger partial charge in [0.2, 0.25) is 0 Å². The molecule has 1 heterocycles. The first-order valence-corrected chi connectivity index (χ1v) is 9.38. The molecule has 0 aromatic carbocycles. The zero-order chi connectivity index (χ0) is 19.3. The molecule has 2 N–H and O–H groups in total. The molecule has 0 aromatic heterocycles. The normalized spacial score (nSPS) is 43.2. The molecule has 5 heteroatoms. The predicted octanol–water partition coefficient (Wildman–Crippen LogP) is 2.74. The minimum absolute atomic E-state index is 0.0432. The van der Waals surface area contributed by atoms with Gasteiger partial charge in [0.1, 0.15) is 12.0 Å². The Hall–Kier alpha value is -1.20. The van der Waals surface area contributed by atoms with Crippen molar-refractivity contribution >= 4 is 11.8 Å². The molecule has 1 aliphatic rings. The lowest BCUT2D eigenvalue weighted by atomic mass is 9.81. The van der Waals surface area contributed by atoms with Gasteiger partial charge in [-0.25, -0.2) is 0 Å². The van der Waals surface area contributed by atoms with Crippen molar-refractivity contribution in [3.63, 3.8) is 0 Å². The number of carbonyl (C=O) groups excluding carboxylic acids is 2. The van der Waals surface area contributed by atoms with Crippen molar-refractivity contribution in [1.29, 1.82) is 0 Å². The number of carbonyl (C=O) groups is 2. The van der Waals surface area contributed by atoms with Crippen LogP contribution in [0.2, 0.25) is 0 Å². The molecule has 0 unspecified atom stereocenters. The average Bonchev–Trinajstić information content (AvgIpc) is 2.59. The lowest BCUT2D eigenvalue weighted by Gasteiger charge is -2.30. The minimum atomic E-state index is -0.895. The summed E-state index contributed by atoms with van der Waals surface area (Å²) in [6, 6.07) is 0. The van der Waals surface area contributed by atoms with Crippen LogP contribution in [-0.2, 0) is 14.3 Å². The topological polar surface area (TPSA) is 83.8 Å². The Bertz CT molecular complexity index is 486. The molecule has 1 rings (SSSR count). The molecule has 0 saturated heterocycles. The van der Waals surface area contributed by atoms with E-state index in [-0.39, 0.29) is 29.6 Å². The van der Waals surface area contributed by atoms with Gasteiger partial charge in [0.05, 0.1) is 12.2 Å². The molecular weight excluding hydrogens is 320 g/mol. The molecule has 0 bridgehead atoms. The van der Waals surface area contributed by atoms with Crippen LogP contribution in [0.5, 0.6) is 0 Å². The van der Waals surface area contributed by atoms with Crippen LogP contribution in [-0.4, -0.2) is 40.3 Å². The van der Waals surface area contributed by atoms with Gasteiger partial charge < -0.3 is 14.9 Å². The van der Waals surface area contributed by atoms with E-state index in [1.165, 1.54) is 0 Å². The van der Waals surface area contributed by atoms with Crippen LogP contribution in [0.3, 0.4) is 0 Å². The molecule has 8 atom stereocenters. The zero-order valence-corrected chi connectivity index (χ0v) is 16.3. The van der Waals surface area contributed by atoms with E-state index in [1.807, 2.05) is 33.8 Å². The summed E-state index contributed by atoms with van der Waals surface area (Å²) in [5.74, 6) is -2.66. The third-order valence-corrected chi connectivity index (χ3v) is 5.52. The summed E-state index contributed by atoms with van der Waals surface area (Å²) in [6.45, 7) is 10.9. The van der Waals surface area contributed by atoms with Crippen molar-refractivity contribution in [2.45, 2.75) is 72.7 Å². The quantitative estimate of drug-likeness (QED) is 0.430. The van der Waals surface area contributed by atoms with Crippen molar-refractivity contribution in [3.05, 3.63) is 12.2 Å². The fraction of sp³-hybridized carbons (Fsp3) is 0.800. The van der Waals surface area contributed by atoms with E-state index in [4.69, 9.17) is 4.74 Å². The monoisotopic (exact) mass is 354 g/mol. The number of esters is 1. The van der Waals surface area contributed by atoms with Gasteiger partial charge in [0.15, 0.2) is 5.78 Å². The summed E-state index contributed by atoms with van der Waals surface area (Å²) in [4.78, 5) is 24.9. The predicted molar refractivity (Wildman–Crippen MR) is 96.8 cm³/mol. The number of aliphatic hydroxyl groups excluding tert-OH is 2. The molecule has 0 saturated carbocycles. The maximum atomic E-state index is 12.6. The van der Waals surface area contributed by atoms with E-state index in [1.54, 1.807) is 19.9 Å². The molecule has 1 aliphatic heterocycles. The molecule has 25 heavy (non-hydrogen) atoms. The number of hydrogen-bond donors (Lipinski definition) is 2. The van der Waals surface area contributed by atoms with Crippen molar-refractivity contribution in [1.82, 2.24) is 0 Å². The summed E-state index contributed by atoms with van der Waals surface area (Å²) in [5, 5.41) is 20.8. The van der Waals surface area contributed by atoms with Crippen molar-refractivity contribution in [2.24, 2.45) is 29.6 Å². The Morgan fingerprint density at radius 1 is 1.04 bits per heavy atom. The summed E-state index contributed by atoms with van der Waals surface area (Å²) in [7, 11) is 0. The molecule has 5 nitrogen and oxygen atoms in total. The lowest BCUT2D eigenvalue weighted by Crippen LogP contribution is -2.39. The fourth-order valence-electron chi connectivity index (χ4n) is 3.45. The highest BCUT2D eigenvalue weighted by Crippen LogP contribution is 2.26. The molecule has 0 aliphatic carbocycles. The Morgan fingerprint density at radius 2 is 1.64 bits per heavy atom. The molecule has 144 valence electrons. The van der Waals surface area contributed by atoms with E-state index in [0.717, 1.165) is 0 Å². The number of ether oxygens (including phenoxy) is 1. The summed E-state index contributed by atoms with van der Waals surface area (Å²) in [5.41, 5.74) is 0. The van der Waals surface area contributed by atoms with Gasteiger partial charge >= 0.3 is 5.97 Å². The van der Waals surface area contributed by atoms with E-state index < -0.39 is 30.0 Å². The van der Waals surface area contributed by atoms with Crippen molar-refractivity contribution in [2.75, 3.05) is 0 Å². The van der Waals surface area contributed by atoms with Crippen LogP contribution in [0.25, 0.3) is 0 Å². The van der Waals surface area contributed by atoms with Crippen LogP contribution in [0, 0.1) is 29.6 Å². The van der Waals surface area contributed by atoms with Gasteiger partial charge in [-0.05, 0) is 31.6 Å². The van der Waals surface area contributed by atoms with Gasteiger partial charge in [-0.2, -0.15) is 0 Å². The SMILES string of the molecule is CC[C@H]1OC(=O)[C@H](C)C(=O)[C@H](C)[C@@H](O)[C@@H](C)C[C@@H](C)[C@H](O)/C=C/[C@H]1C. The summed E-state index contributed by atoms with van der Waals surface area (Å²) in [6.07, 6.45) is 2.99. The van der Waals surface area contributed by atoms with Gasteiger partial charge in [0.25, 0.3) is 0 Å². The van der Waals surface area contributed by atoms with E-state index in [0.29, 0.717) is 12.8 Å². The van der Waals surface area contributed by atoms with Crippen molar-refractivity contribution < 1.29 is 24.5 Å². The number of rotatable bonds is 1. The number of Topliss-reactive ketones (excluding diaryl/α,β-unsaturated/α-hetero) is 1. The molecular formula is C20H34O5. The first-order chi connectivity index (χ1) is 11.6. The van der Waals surface area contributed by atoms with E-state index in [9.17, 15) is 19.8 Å². The first-order valence-electron chi connectivity index (χ1n) is 9.38. The maximum Gasteiger partial charge on any atom is 0.316 e. The largest absolute Gasteiger partial charge is 0.461 e. The molecule has 0 fully saturated rings. The molecule has 0 aromatic rings. The van der Waals surface area contributed by atoms with Crippen molar-refractivity contribution in [3.8, 4) is 0 Å². The Morgan fingerprint density at radius 3 is 2.20 bits per heavy atom. The highest BCUT2D eigenvalue weighted by atomic mass is 16.5. The van der Waals surface area contributed by atoms with Gasteiger partial charge in [0, 0.05) is 11.8 Å². The van der Waals surface area contributed by atoms with Gasteiger partial charge in [-0.1, -0.05) is 46.8 Å². The standard InChI is InChI=1S/C20H34O5/c1-7-17-11(2)8-9-16(21)12(3)10-13(4)18(22)14(5)19(23)15(6)20(24)25-17/h8-9,11-18,21-22H,7,10H2,1-6H3/b9-8+/t11-,12-,13+,14-,15-,16-,17-,18+/m1/s1. The molecule has 0 radical (unpaired) electrons. The second-order valence-corrected chi connectivity index (χ2v) is 7.71. The Balaban J connectivity index is 3.14. The number of cyclic esters (lactones) is 1. The van der Waals surface area contributed by atoms with Gasteiger partial charge in [-0.15, -0.1) is 0 Å². The second kappa shape index (κ2) is 9.48. The van der Waals surface area contributed by atoms with Crippen LogP contribution >= 0.6 is 0 Å². The van der Waals surface area contributed by atoms with Crippen LogP contribution in [0.15, 0.2) is 12.2 Å². The smallest absolute Gasteiger partial charge is 0.316 e. The Kier molecular flexibility index (Phi) is 8.29. The first kappa shape index (κ1) is 21.8. The third kappa shape index (κ3) is 5.65. The maximum absolute atomic E-state index is 12.6. The fourth-order valence-corrected chi connectivity index (χ4v) is 3.45. The highest BCUT2D eigenvalue weighted by molar-refractivity contribution is 5.99. The third-order valence-electron chi connectivity index (χ3n) is 5.52. The molecule has 0 amide bonds. The Labute approximate surface area is 151 Å². The van der Waals surface area contributed by atoms with Crippen LogP contribution < -0.4 is 0 Å². The number of ketones is 1. The number of aliphatic hydroxyl groups is 2. The van der Waals surface area contributed by atoms with Crippen LogP contribution in [0.1, 0.15) is 54.4 Å². The average molecular weight is 354 g/mol. The number of hydrogen-bond acceptors (Lipinski definition) is 5.